The van der Waals surface area contributed by atoms with Gasteiger partial charge in [0.2, 0.25) is 0 Å². The molecule has 0 radical (unpaired) electrons. The van der Waals surface area contributed by atoms with Crippen LogP contribution in [-0.2, 0) is 0 Å². The summed E-state index contributed by atoms with van der Waals surface area (Å²) in [6.07, 6.45) is 1.16. The molecule has 1 heterocycles. The van der Waals surface area contributed by atoms with Crippen molar-refractivity contribution in [2.24, 2.45) is 10.7 Å². The number of thioether (sulfide) groups is 1. The Kier molecular flexibility index (Phi) is 12.5. The normalized spacial score (nSPS) is 14.9. The predicted octanol–water partition coefficient (Wildman–Crippen LogP) is 1.18. The second-order valence-corrected chi connectivity index (χ2v) is 3.19. The van der Waals surface area contributed by atoms with Crippen LogP contribution < -0.4 is 11.1 Å². The maximum Gasteiger partial charge on any atom is 0.156 e. The van der Waals surface area contributed by atoms with Crippen molar-refractivity contribution in [1.82, 2.24) is 5.32 Å². The van der Waals surface area contributed by atoms with Crippen LogP contribution in [0.4, 0.5) is 0 Å². The summed E-state index contributed by atoms with van der Waals surface area (Å²) < 4.78 is 0. The van der Waals surface area contributed by atoms with Crippen molar-refractivity contribution in [2.75, 3.05) is 25.4 Å². The molecule has 0 saturated heterocycles. The van der Waals surface area contributed by atoms with Crippen molar-refractivity contribution in [1.29, 1.82) is 0 Å². The largest absolute Gasteiger partial charge is 0.365 e. The Morgan fingerprint density at radius 2 is 2.25 bits per heavy atom. The van der Waals surface area contributed by atoms with E-state index in [1.165, 1.54) is 0 Å². The minimum Gasteiger partial charge on any atom is -0.365 e. The zero-order valence-electron chi connectivity index (χ0n) is 6.78. The number of halogens is 2. The third-order valence-electron chi connectivity index (χ3n) is 1.22. The summed E-state index contributed by atoms with van der Waals surface area (Å²) in [6.45, 7) is 2.77. The third kappa shape index (κ3) is 6.28. The van der Waals surface area contributed by atoms with Gasteiger partial charge in [-0.3, -0.25) is 4.99 Å². The molecular weight excluding hydrogens is 306 g/mol. The van der Waals surface area contributed by atoms with Gasteiger partial charge in [-0.25, -0.2) is 0 Å². The second kappa shape index (κ2) is 9.83. The third-order valence-corrected chi connectivity index (χ3v) is 2.21. The topological polar surface area (TPSA) is 50.4 Å². The lowest BCUT2D eigenvalue weighted by Crippen LogP contribution is -2.27. The maximum absolute atomic E-state index is 5.34. The molecule has 6 heteroatoms. The van der Waals surface area contributed by atoms with Gasteiger partial charge in [-0.15, -0.1) is 34.0 Å². The van der Waals surface area contributed by atoms with E-state index in [4.69, 9.17) is 5.73 Å². The molecule has 3 N–H and O–H groups in total. The fourth-order valence-electron chi connectivity index (χ4n) is 0.763. The van der Waals surface area contributed by atoms with Gasteiger partial charge in [0.1, 0.15) is 0 Å². The molecule has 0 fully saturated rings. The molecule has 1 aliphatic rings. The highest BCUT2D eigenvalue weighted by Crippen LogP contribution is 2.03. The van der Waals surface area contributed by atoms with E-state index in [9.17, 15) is 0 Å². The molecule has 0 aliphatic carbocycles. The molecule has 0 saturated carbocycles. The van der Waals surface area contributed by atoms with Gasteiger partial charge in [0.05, 0.1) is 0 Å². The fourth-order valence-corrected chi connectivity index (χ4v) is 1.46. The summed E-state index contributed by atoms with van der Waals surface area (Å²) in [7, 11) is 0. The number of nitrogens with two attached hydrogens (primary N) is 1. The number of amidine groups is 1. The smallest absolute Gasteiger partial charge is 0.156 e. The highest BCUT2D eigenvalue weighted by Gasteiger charge is 2.02. The number of rotatable bonds is 2. The molecule has 3 nitrogen and oxygen atoms in total. The molecule has 74 valence electrons. The Morgan fingerprint density at radius 3 is 2.75 bits per heavy atom. The molecule has 0 unspecified atom stereocenters. The van der Waals surface area contributed by atoms with Crippen LogP contribution in [0.5, 0.6) is 0 Å². The van der Waals surface area contributed by atoms with Crippen molar-refractivity contribution in [3.63, 3.8) is 0 Å². The van der Waals surface area contributed by atoms with Crippen LogP contribution in [0.25, 0.3) is 0 Å². The number of nitrogens with zero attached hydrogens (tertiary/aromatic N) is 1. The molecule has 0 aromatic carbocycles. The molecule has 0 aromatic rings. The molecule has 1 aliphatic heterocycles. The van der Waals surface area contributed by atoms with Crippen LogP contribution in [0.1, 0.15) is 6.42 Å². The fraction of sp³-hybridized carbons (Fsp3) is 0.833. The number of hydrogen-bond acceptors (Lipinski definition) is 4. The molecule has 0 bridgehead atoms. The Balaban J connectivity index is 0. The van der Waals surface area contributed by atoms with Gasteiger partial charge >= 0.3 is 0 Å². The highest BCUT2D eigenvalue weighted by atomic mass is 79.9. The zero-order chi connectivity index (χ0) is 7.23. The standard InChI is InChI=1S/C6H13N3S.2BrH/c7-2-5-10-6-8-3-1-4-9-6;;/h1-5,7H2,(H,8,9);2*1H. The SMILES string of the molecule is Br.Br.NCCSC1=NCCCN1. The number of hydrogen-bond donors (Lipinski definition) is 2. The first-order valence-corrected chi connectivity index (χ1v) is 4.53. The van der Waals surface area contributed by atoms with Crippen LogP contribution >= 0.6 is 45.7 Å². The lowest BCUT2D eigenvalue weighted by atomic mass is 10.4. The van der Waals surface area contributed by atoms with Crippen LogP contribution in [0, 0.1) is 0 Å². The van der Waals surface area contributed by atoms with Crippen LogP contribution in [-0.4, -0.2) is 30.6 Å². The first kappa shape index (κ1) is 15.2. The van der Waals surface area contributed by atoms with E-state index < -0.39 is 0 Å². The molecule has 12 heavy (non-hydrogen) atoms. The Morgan fingerprint density at radius 1 is 1.50 bits per heavy atom. The minimum atomic E-state index is 0. The Hall–Kier alpha value is 0.740. The second-order valence-electron chi connectivity index (χ2n) is 2.10. The first-order valence-electron chi connectivity index (χ1n) is 3.54. The van der Waals surface area contributed by atoms with Crippen molar-refractivity contribution in [2.45, 2.75) is 6.42 Å². The summed E-state index contributed by atoms with van der Waals surface area (Å²) in [5, 5.41) is 4.28. The Bertz CT molecular complexity index is 132. The minimum absolute atomic E-state index is 0. The van der Waals surface area contributed by atoms with Crippen molar-refractivity contribution in [3.8, 4) is 0 Å². The van der Waals surface area contributed by atoms with Crippen molar-refractivity contribution >= 4 is 50.9 Å². The molecular formula is C6H15Br2N3S. The van der Waals surface area contributed by atoms with Gasteiger partial charge in [-0.05, 0) is 6.42 Å². The maximum atomic E-state index is 5.34. The molecule has 0 spiro atoms. The molecule has 0 atom stereocenters. The van der Waals surface area contributed by atoms with E-state index in [-0.39, 0.29) is 34.0 Å². The molecule has 0 aromatic heterocycles. The summed E-state index contributed by atoms with van der Waals surface area (Å²) in [5.41, 5.74) is 5.34. The molecule has 1 rings (SSSR count). The van der Waals surface area contributed by atoms with Gasteiger partial charge in [0.25, 0.3) is 0 Å². The van der Waals surface area contributed by atoms with E-state index in [1.807, 2.05) is 0 Å². The average molecular weight is 321 g/mol. The Labute approximate surface area is 98.5 Å². The quantitative estimate of drug-likeness (QED) is 0.803. The lowest BCUT2D eigenvalue weighted by Gasteiger charge is -2.12. The van der Waals surface area contributed by atoms with E-state index in [1.54, 1.807) is 11.8 Å². The monoisotopic (exact) mass is 319 g/mol. The number of aliphatic imine (C=N–C) groups is 1. The van der Waals surface area contributed by atoms with E-state index in [0.29, 0.717) is 0 Å². The van der Waals surface area contributed by atoms with Gasteiger partial charge in [-0.2, -0.15) is 0 Å². The summed E-state index contributed by atoms with van der Waals surface area (Å²) >= 11 is 1.71. The lowest BCUT2D eigenvalue weighted by molar-refractivity contribution is 0.751. The highest BCUT2D eigenvalue weighted by molar-refractivity contribution is 8.93. The van der Waals surface area contributed by atoms with E-state index in [0.717, 1.165) is 37.0 Å². The number of nitrogens with one attached hydrogen (secondary N) is 1. The van der Waals surface area contributed by atoms with Gasteiger partial charge < -0.3 is 11.1 Å². The molecule has 0 amide bonds. The van der Waals surface area contributed by atoms with Crippen LogP contribution in [0.15, 0.2) is 4.99 Å². The van der Waals surface area contributed by atoms with Gasteiger partial charge in [-0.1, -0.05) is 11.8 Å². The van der Waals surface area contributed by atoms with Gasteiger partial charge in [0, 0.05) is 25.4 Å². The zero-order valence-corrected chi connectivity index (χ0v) is 11.0. The van der Waals surface area contributed by atoms with E-state index in [2.05, 4.69) is 10.3 Å². The van der Waals surface area contributed by atoms with Gasteiger partial charge in [0.15, 0.2) is 5.17 Å². The van der Waals surface area contributed by atoms with Crippen LogP contribution in [0.3, 0.4) is 0 Å². The van der Waals surface area contributed by atoms with Crippen LogP contribution in [0.2, 0.25) is 0 Å². The van der Waals surface area contributed by atoms with E-state index >= 15 is 0 Å². The summed E-state index contributed by atoms with van der Waals surface area (Å²) in [4.78, 5) is 4.28. The summed E-state index contributed by atoms with van der Waals surface area (Å²) in [6, 6.07) is 0. The summed E-state index contributed by atoms with van der Waals surface area (Å²) in [5.74, 6) is 0.964. The van der Waals surface area contributed by atoms with Crippen molar-refractivity contribution < 1.29 is 0 Å². The first-order chi connectivity index (χ1) is 4.93. The predicted molar refractivity (Wildman–Crippen MR) is 67.1 cm³/mol. The van der Waals surface area contributed by atoms with Crippen molar-refractivity contribution in [3.05, 3.63) is 0 Å². The average Bonchev–Trinajstić information content (AvgIpc) is 2.03.